The van der Waals surface area contributed by atoms with Crippen LogP contribution in [0.1, 0.15) is 37.7 Å². The second kappa shape index (κ2) is 6.85. The van der Waals surface area contributed by atoms with Crippen molar-refractivity contribution < 1.29 is 0 Å². The van der Waals surface area contributed by atoms with Gasteiger partial charge in [0.05, 0.1) is 5.39 Å². The van der Waals surface area contributed by atoms with Crippen LogP contribution in [0.25, 0.3) is 22.2 Å². The molecule has 0 bridgehead atoms. The summed E-state index contributed by atoms with van der Waals surface area (Å²) in [6, 6.07) is 4.37. The number of rotatable bonds is 3. The normalized spacial score (nSPS) is 15.6. The van der Waals surface area contributed by atoms with Crippen LogP contribution in [-0.2, 0) is 0 Å². The van der Waals surface area contributed by atoms with Gasteiger partial charge >= 0.3 is 0 Å². The fourth-order valence-corrected chi connectivity index (χ4v) is 4.03. The van der Waals surface area contributed by atoms with Crippen LogP contribution < -0.4 is 5.32 Å². The fraction of sp³-hybridized carbons (Fsp3) is 0.368. The maximum Gasteiger partial charge on any atom is 0.143 e. The molecule has 1 fully saturated rings. The Morgan fingerprint density at radius 3 is 2.52 bits per heavy atom. The predicted octanol–water partition coefficient (Wildman–Crippen LogP) is 5.98. The highest BCUT2D eigenvalue weighted by Crippen LogP contribution is 2.37. The molecule has 4 nitrogen and oxygen atoms in total. The van der Waals surface area contributed by atoms with Crippen LogP contribution in [0.15, 0.2) is 24.7 Å². The minimum absolute atomic E-state index is 0.472. The third kappa shape index (κ3) is 3.21. The maximum absolute atomic E-state index is 6.34. The molecule has 0 aliphatic heterocycles. The zero-order valence-electron chi connectivity index (χ0n) is 14.1. The molecule has 1 saturated carbocycles. The first-order valence-corrected chi connectivity index (χ1v) is 9.43. The van der Waals surface area contributed by atoms with E-state index in [4.69, 9.17) is 23.2 Å². The van der Waals surface area contributed by atoms with Crippen molar-refractivity contribution in [2.45, 2.75) is 45.1 Å². The van der Waals surface area contributed by atoms with Crippen molar-refractivity contribution in [3.63, 3.8) is 0 Å². The molecule has 4 rings (SSSR count). The van der Waals surface area contributed by atoms with Crippen LogP contribution >= 0.6 is 23.2 Å². The summed E-state index contributed by atoms with van der Waals surface area (Å²) in [5.74, 6) is 0.876. The zero-order valence-corrected chi connectivity index (χ0v) is 15.6. The van der Waals surface area contributed by atoms with Gasteiger partial charge in [0.25, 0.3) is 0 Å². The van der Waals surface area contributed by atoms with Crippen LogP contribution in [0.3, 0.4) is 0 Å². The first-order chi connectivity index (χ1) is 12.1. The fourth-order valence-electron chi connectivity index (χ4n) is 3.54. The molecule has 0 spiro atoms. The van der Waals surface area contributed by atoms with Gasteiger partial charge < -0.3 is 10.3 Å². The SMILES string of the molecule is Cc1c(Cl)cc(-c2c[nH]c3ncnc(NC4CCCCC4)c23)cc1Cl. The third-order valence-electron chi connectivity index (χ3n) is 5.01. The summed E-state index contributed by atoms with van der Waals surface area (Å²) in [6.07, 6.45) is 9.80. The number of hydrogen-bond acceptors (Lipinski definition) is 3. The third-order valence-corrected chi connectivity index (χ3v) is 5.79. The summed E-state index contributed by atoms with van der Waals surface area (Å²) in [7, 11) is 0. The Morgan fingerprint density at radius 1 is 1.08 bits per heavy atom. The first kappa shape index (κ1) is 16.7. The molecule has 1 aliphatic rings. The van der Waals surface area contributed by atoms with E-state index < -0.39 is 0 Å². The van der Waals surface area contributed by atoms with Gasteiger partial charge in [-0.05, 0) is 43.0 Å². The summed E-state index contributed by atoms with van der Waals surface area (Å²) in [4.78, 5) is 12.1. The molecular formula is C19H20Cl2N4. The lowest BCUT2D eigenvalue weighted by molar-refractivity contribution is 0.462. The molecule has 2 N–H and O–H groups in total. The number of nitrogens with zero attached hydrogens (tertiary/aromatic N) is 2. The van der Waals surface area contributed by atoms with Crippen molar-refractivity contribution in [1.29, 1.82) is 0 Å². The predicted molar refractivity (Wildman–Crippen MR) is 105 cm³/mol. The Balaban J connectivity index is 1.80. The molecule has 3 aromatic rings. The van der Waals surface area contributed by atoms with Crippen molar-refractivity contribution in [3.05, 3.63) is 40.3 Å². The van der Waals surface area contributed by atoms with E-state index in [0.29, 0.717) is 16.1 Å². The molecule has 0 saturated heterocycles. The van der Waals surface area contributed by atoms with Gasteiger partial charge in [-0.2, -0.15) is 0 Å². The molecule has 0 atom stereocenters. The molecule has 1 aromatic carbocycles. The topological polar surface area (TPSA) is 53.6 Å². The maximum atomic E-state index is 6.34. The monoisotopic (exact) mass is 374 g/mol. The number of H-pyrrole nitrogens is 1. The van der Waals surface area contributed by atoms with E-state index in [1.807, 2.05) is 25.3 Å². The highest BCUT2D eigenvalue weighted by atomic mass is 35.5. The minimum Gasteiger partial charge on any atom is -0.367 e. The van der Waals surface area contributed by atoms with E-state index >= 15 is 0 Å². The number of halogens is 2. The van der Waals surface area contributed by atoms with Gasteiger partial charge in [0, 0.05) is 27.8 Å². The van der Waals surface area contributed by atoms with Gasteiger partial charge in [0.1, 0.15) is 17.8 Å². The Hall–Kier alpha value is -1.78. The first-order valence-electron chi connectivity index (χ1n) is 8.68. The van der Waals surface area contributed by atoms with Crippen molar-refractivity contribution in [2.75, 3.05) is 5.32 Å². The second-order valence-corrected chi connectivity index (χ2v) is 7.51. The number of aromatic nitrogens is 3. The molecule has 25 heavy (non-hydrogen) atoms. The van der Waals surface area contributed by atoms with Gasteiger partial charge in [-0.15, -0.1) is 0 Å². The van der Waals surface area contributed by atoms with Gasteiger partial charge in [0.15, 0.2) is 0 Å². The molecular weight excluding hydrogens is 355 g/mol. The number of benzene rings is 1. The number of aromatic amines is 1. The highest BCUT2D eigenvalue weighted by Gasteiger charge is 2.18. The minimum atomic E-state index is 0.472. The van der Waals surface area contributed by atoms with Crippen LogP contribution in [0, 0.1) is 6.92 Å². The van der Waals surface area contributed by atoms with Crippen molar-refractivity contribution in [3.8, 4) is 11.1 Å². The lowest BCUT2D eigenvalue weighted by Crippen LogP contribution is -2.23. The Labute approximate surface area is 157 Å². The van der Waals surface area contributed by atoms with Crippen LogP contribution in [0.2, 0.25) is 10.0 Å². The number of hydrogen-bond donors (Lipinski definition) is 2. The number of anilines is 1. The Kier molecular flexibility index (Phi) is 4.57. The average Bonchev–Trinajstić information content (AvgIpc) is 3.05. The molecule has 0 radical (unpaired) electrons. The van der Waals surface area contributed by atoms with Gasteiger partial charge in [-0.1, -0.05) is 42.5 Å². The Morgan fingerprint density at radius 2 is 1.80 bits per heavy atom. The van der Waals surface area contributed by atoms with E-state index in [0.717, 1.165) is 33.5 Å². The van der Waals surface area contributed by atoms with E-state index in [2.05, 4.69) is 20.3 Å². The van der Waals surface area contributed by atoms with E-state index in [-0.39, 0.29) is 0 Å². The summed E-state index contributed by atoms with van der Waals surface area (Å²) >= 11 is 12.7. The molecule has 2 heterocycles. The average molecular weight is 375 g/mol. The van der Waals surface area contributed by atoms with Crippen LogP contribution in [-0.4, -0.2) is 21.0 Å². The van der Waals surface area contributed by atoms with Gasteiger partial charge in [-0.25, -0.2) is 9.97 Å². The molecule has 1 aliphatic carbocycles. The summed E-state index contributed by atoms with van der Waals surface area (Å²) in [5, 5.41) is 5.94. The highest BCUT2D eigenvalue weighted by molar-refractivity contribution is 6.36. The lowest BCUT2D eigenvalue weighted by atomic mass is 9.95. The van der Waals surface area contributed by atoms with Crippen LogP contribution in [0.4, 0.5) is 5.82 Å². The number of nitrogens with one attached hydrogen (secondary N) is 2. The quantitative estimate of drug-likeness (QED) is 0.592. The smallest absolute Gasteiger partial charge is 0.143 e. The molecule has 6 heteroatoms. The Bertz CT molecular complexity index is 890. The zero-order chi connectivity index (χ0) is 17.4. The molecule has 2 aromatic heterocycles. The van der Waals surface area contributed by atoms with Gasteiger partial charge in [0.2, 0.25) is 0 Å². The summed E-state index contributed by atoms with van der Waals surface area (Å²) in [6.45, 7) is 1.92. The van der Waals surface area contributed by atoms with Crippen molar-refractivity contribution in [1.82, 2.24) is 15.0 Å². The molecule has 130 valence electrons. The lowest BCUT2D eigenvalue weighted by Gasteiger charge is -2.23. The van der Waals surface area contributed by atoms with Crippen molar-refractivity contribution in [2.24, 2.45) is 0 Å². The standard InChI is InChI=1S/C19H20Cl2N4/c1-11-15(20)7-12(8-16(11)21)14-9-22-18-17(14)19(24-10-23-18)25-13-5-3-2-4-6-13/h7-10,13H,2-6H2,1H3,(H2,22,23,24,25). The van der Waals surface area contributed by atoms with Crippen LogP contribution in [0.5, 0.6) is 0 Å². The van der Waals surface area contributed by atoms with E-state index in [9.17, 15) is 0 Å². The van der Waals surface area contributed by atoms with Crippen molar-refractivity contribution >= 4 is 40.1 Å². The second-order valence-electron chi connectivity index (χ2n) is 6.69. The molecule has 0 amide bonds. The summed E-state index contributed by atoms with van der Waals surface area (Å²) in [5.41, 5.74) is 3.69. The largest absolute Gasteiger partial charge is 0.367 e. The van der Waals surface area contributed by atoms with E-state index in [1.54, 1.807) is 6.33 Å². The summed E-state index contributed by atoms with van der Waals surface area (Å²) < 4.78 is 0. The van der Waals surface area contributed by atoms with Gasteiger partial charge in [-0.3, -0.25) is 0 Å². The number of fused-ring (bicyclic) bond motifs is 1. The van der Waals surface area contributed by atoms with E-state index in [1.165, 1.54) is 32.1 Å². The molecule has 0 unspecified atom stereocenters.